The van der Waals surface area contributed by atoms with E-state index in [1.807, 2.05) is 38.1 Å². The Morgan fingerprint density at radius 3 is 2.18 bits per heavy atom. The third-order valence-electron chi connectivity index (χ3n) is 2.27. The minimum Gasteiger partial charge on any atom is -0.497 e. The minimum absolute atomic E-state index is 0.0231. The second kappa shape index (κ2) is 7.14. The summed E-state index contributed by atoms with van der Waals surface area (Å²) in [5.74, 6) is 1.58. The zero-order valence-electron chi connectivity index (χ0n) is 10.6. The van der Waals surface area contributed by atoms with E-state index in [0.717, 1.165) is 11.5 Å². The third kappa shape index (κ3) is 5.06. The molecule has 2 atom stereocenters. The second-order valence-corrected chi connectivity index (χ2v) is 3.93. The fourth-order valence-electron chi connectivity index (χ4n) is 1.27. The van der Waals surface area contributed by atoms with Gasteiger partial charge < -0.3 is 19.3 Å². The van der Waals surface area contributed by atoms with Crippen molar-refractivity contribution in [3.63, 3.8) is 0 Å². The monoisotopic (exact) mass is 240 g/mol. The molecule has 0 bridgehead atoms. The lowest BCUT2D eigenvalue weighted by molar-refractivity contribution is -0.0110. The van der Waals surface area contributed by atoms with Crippen LogP contribution < -0.4 is 9.47 Å². The summed E-state index contributed by atoms with van der Waals surface area (Å²) >= 11 is 0. The van der Waals surface area contributed by atoms with Crippen LogP contribution in [-0.2, 0) is 4.74 Å². The number of rotatable bonds is 7. The quantitative estimate of drug-likeness (QED) is 0.790. The molecule has 4 nitrogen and oxygen atoms in total. The predicted octanol–water partition coefficient (Wildman–Crippen LogP) is 1.86. The first-order valence-electron chi connectivity index (χ1n) is 5.69. The van der Waals surface area contributed by atoms with Gasteiger partial charge in [0, 0.05) is 0 Å². The van der Waals surface area contributed by atoms with Crippen LogP contribution in [0.1, 0.15) is 13.8 Å². The Morgan fingerprint density at radius 2 is 1.65 bits per heavy atom. The van der Waals surface area contributed by atoms with Crippen molar-refractivity contribution < 1.29 is 19.3 Å². The molecule has 0 aliphatic carbocycles. The smallest absolute Gasteiger partial charge is 0.120 e. The van der Waals surface area contributed by atoms with Crippen LogP contribution in [0.4, 0.5) is 0 Å². The van der Waals surface area contributed by atoms with Crippen molar-refractivity contribution in [3.8, 4) is 11.5 Å². The minimum atomic E-state index is -0.156. The maximum absolute atomic E-state index is 8.82. The lowest BCUT2D eigenvalue weighted by Gasteiger charge is -2.17. The molecule has 1 N–H and O–H groups in total. The van der Waals surface area contributed by atoms with E-state index in [0.29, 0.717) is 6.61 Å². The summed E-state index contributed by atoms with van der Waals surface area (Å²) in [4.78, 5) is 0. The van der Waals surface area contributed by atoms with Gasteiger partial charge in [-0.2, -0.15) is 0 Å². The van der Waals surface area contributed by atoms with Gasteiger partial charge in [0.15, 0.2) is 0 Å². The van der Waals surface area contributed by atoms with E-state index < -0.39 is 0 Å². The van der Waals surface area contributed by atoms with Crippen LogP contribution in [0, 0.1) is 0 Å². The van der Waals surface area contributed by atoms with Crippen LogP contribution in [0.3, 0.4) is 0 Å². The average Bonchev–Trinajstić information content (AvgIpc) is 2.36. The van der Waals surface area contributed by atoms with Gasteiger partial charge in [-0.05, 0) is 38.1 Å². The molecule has 17 heavy (non-hydrogen) atoms. The van der Waals surface area contributed by atoms with Crippen LogP contribution in [0.2, 0.25) is 0 Å². The maximum Gasteiger partial charge on any atom is 0.120 e. The molecule has 4 heteroatoms. The molecular weight excluding hydrogens is 220 g/mol. The van der Waals surface area contributed by atoms with Crippen molar-refractivity contribution in [2.24, 2.45) is 0 Å². The number of ether oxygens (including phenoxy) is 3. The summed E-state index contributed by atoms with van der Waals surface area (Å²) in [6.07, 6.45) is -0.214. The van der Waals surface area contributed by atoms with Crippen molar-refractivity contribution in [3.05, 3.63) is 24.3 Å². The van der Waals surface area contributed by atoms with Gasteiger partial charge in [0.2, 0.25) is 0 Å². The molecule has 0 aliphatic rings. The number of aliphatic hydroxyl groups excluding tert-OH is 1. The summed E-state index contributed by atoms with van der Waals surface area (Å²) in [5.41, 5.74) is 0. The second-order valence-electron chi connectivity index (χ2n) is 3.93. The summed E-state index contributed by atoms with van der Waals surface area (Å²) in [7, 11) is 1.63. The third-order valence-corrected chi connectivity index (χ3v) is 2.27. The van der Waals surface area contributed by atoms with E-state index in [1.165, 1.54) is 0 Å². The number of hydrogen-bond donors (Lipinski definition) is 1. The highest BCUT2D eigenvalue weighted by Gasteiger charge is 2.07. The molecule has 1 rings (SSSR count). The van der Waals surface area contributed by atoms with E-state index in [1.54, 1.807) is 7.11 Å². The highest BCUT2D eigenvalue weighted by atomic mass is 16.5. The Kier molecular flexibility index (Phi) is 5.80. The molecular formula is C13H20O4. The number of hydrogen-bond acceptors (Lipinski definition) is 4. The average molecular weight is 240 g/mol. The van der Waals surface area contributed by atoms with Gasteiger partial charge in [-0.15, -0.1) is 0 Å². The first-order valence-corrected chi connectivity index (χ1v) is 5.69. The van der Waals surface area contributed by atoms with Crippen molar-refractivity contribution in [1.82, 2.24) is 0 Å². The Morgan fingerprint density at radius 1 is 1.06 bits per heavy atom. The Labute approximate surface area is 102 Å². The fraction of sp³-hybridized carbons (Fsp3) is 0.538. The van der Waals surface area contributed by atoms with E-state index in [4.69, 9.17) is 19.3 Å². The summed E-state index contributed by atoms with van der Waals surface area (Å²) in [6, 6.07) is 7.40. The zero-order chi connectivity index (χ0) is 12.7. The topological polar surface area (TPSA) is 47.9 Å². The fourth-order valence-corrected chi connectivity index (χ4v) is 1.27. The molecule has 0 fully saturated rings. The Hall–Kier alpha value is -1.26. The number of aliphatic hydroxyl groups is 1. The standard InChI is InChI=1S/C13H20O4/c1-10(8-14)16-9-11(2)17-13-6-4-12(15-3)5-7-13/h4-7,10-11,14H,8-9H2,1-3H3. The highest BCUT2D eigenvalue weighted by molar-refractivity contribution is 5.31. The molecule has 0 saturated carbocycles. The molecule has 0 saturated heterocycles. The van der Waals surface area contributed by atoms with E-state index in [2.05, 4.69) is 0 Å². The zero-order valence-corrected chi connectivity index (χ0v) is 10.6. The molecule has 1 aromatic carbocycles. The van der Waals surface area contributed by atoms with Gasteiger partial charge in [0.1, 0.15) is 17.6 Å². The van der Waals surface area contributed by atoms with Crippen molar-refractivity contribution in [2.45, 2.75) is 26.1 Å². The van der Waals surface area contributed by atoms with Crippen molar-refractivity contribution in [2.75, 3.05) is 20.3 Å². The molecule has 0 amide bonds. The molecule has 0 heterocycles. The number of methoxy groups -OCH3 is 1. The highest BCUT2D eigenvalue weighted by Crippen LogP contribution is 2.18. The first kappa shape index (κ1) is 13.8. The van der Waals surface area contributed by atoms with Crippen LogP contribution in [0.25, 0.3) is 0 Å². The number of benzene rings is 1. The molecule has 0 aromatic heterocycles. The van der Waals surface area contributed by atoms with Crippen LogP contribution in [0.5, 0.6) is 11.5 Å². The van der Waals surface area contributed by atoms with E-state index >= 15 is 0 Å². The van der Waals surface area contributed by atoms with E-state index in [9.17, 15) is 0 Å². The lowest BCUT2D eigenvalue weighted by Crippen LogP contribution is -2.24. The summed E-state index contributed by atoms with van der Waals surface area (Å²) in [5, 5.41) is 8.82. The molecule has 0 radical (unpaired) electrons. The summed E-state index contributed by atoms with van der Waals surface area (Å²) in [6.45, 7) is 4.22. The van der Waals surface area contributed by atoms with Gasteiger partial charge in [-0.3, -0.25) is 0 Å². The molecule has 2 unspecified atom stereocenters. The van der Waals surface area contributed by atoms with Crippen LogP contribution in [0.15, 0.2) is 24.3 Å². The van der Waals surface area contributed by atoms with Gasteiger partial charge in [-0.1, -0.05) is 0 Å². The Balaban J connectivity index is 2.36. The molecule has 96 valence electrons. The largest absolute Gasteiger partial charge is 0.497 e. The van der Waals surface area contributed by atoms with Crippen LogP contribution >= 0.6 is 0 Å². The molecule has 0 aliphatic heterocycles. The SMILES string of the molecule is COc1ccc(OC(C)COC(C)CO)cc1. The van der Waals surface area contributed by atoms with E-state index in [-0.39, 0.29) is 18.8 Å². The predicted molar refractivity (Wildman–Crippen MR) is 65.6 cm³/mol. The van der Waals surface area contributed by atoms with Crippen molar-refractivity contribution >= 4 is 0 Å². The summed E-state index contributed by atoms with van der Waals surface area (Å²) < 4.78 is 16.1. The molecule has 0 spiro atoms. The van der Waals surface area contributed by atoms with Crippen molar-refractivity contribution in [1.29, 1.82) is 0 Å². The van der Waals surface area contributed by atoms with Gasteiger partial charge in [-0.25, -0.2) is 0 Å². The normalized spacial score (nSPS) is 14.1. The van der Waals surface area contributed by atoms with Gasteiger partial charge in [0.25, 0.3) is 0 Å². The first-order chi connectivity index (χ1) is 8.15. The van der Waals surface area contributed by atoms with Crippen LogP contribution in [-0.4, -0.2) is 37.6 Å². The Bertz CT molecular complexity index is 310. The maximum atomic E-state index is 8.82. The lowest BCUT2D eigenvalue weighted by atomic mass is 10.3. The van der Waals surface area contributed by atoms with Gasteiger partial charge in [0.05, 0.1) is 26.4 Å². The van der Waals surface area contributed by atoms with Gasteiger partial charge >= 0.3 is 0 Å². The molecule has 1 aromatic rings.